The third-order valence-corrected chi connectivity index (χ3v) is 4.34. The molecule has 0 bridgehead atoms. The van der Waals surface area contributed by atoms with Gasteiger partial charge >= 0.3 is 0 Å². The number of ether oxygens (including phenoxy) is 1. The van der Waals surface area contributed by atoms with Gasteiger partial charge in [-0.3, -0.25) is 4.79 Å². The van der Waals surface area contributed by atoms with Gasteiger partial charge in [0.25, 0.3) is 5.91 Å². The van der Waals surface area contributed by atoms with Gasteiger partial charge in [-0.25, -0.2) is 5.43 Å². The number of carbonyl (C=O) groups is 1. The maximum atomic E-state index is 11.9. The predicted molar refractivity (Wildman–Crippen MR) is 103 cm³/mol. The lowest BCUT2D eigenvalue weighted by molar-refractivity contribution is -0.123. The smallest absolute Gasteiger partial charge is 0.277 e. The Morgan fingerprint density at radius 3 is 2.76 bits per heavy atom. The Balaban J connectivity index is 1.90. The molecule has 2 aromatic rings. The summed E-state index contributed by atoms with van der Waals surface area (Å²) in [6, 6.07) is 12.8. The van der Waals surface area contributed by atoms with E-state index in [4.69, 9.17) is 27.9 Å². The van der Waals surface area contributed by atoms with E-state index in [1.165, 1.54) is 6.21 Å². The summed E-state index contributed by atoms with van der Waals surface area (Å²) in [5.41, 5.74) is 4.17. The molecular weight excluding hydrogens is 359 g/mol. The molecule has 0 aliphatic heterocycles. The van der Waals surface area contributed by atoms with E-state index in [-0.39, 0.29) is 12.5 Å². The third-order valence-electron chi connectivity index (χ3n) is 3.78. The van der Waals surface area contributed by atoms with Crippen LogP contribution in [0.1, 0.15) is 37.3 Å². The number of rotatable bonds is 7. The maximum absolute atomic E-state index is 11.9. The molecule has 2 rings (SSSR count). The van der Waals surface area contributed by atoms with Gasteiger partial charge in [-0.15, -0.1) is 0 Å². The van der Waals surface area contributed by atoms with Crippen molar-refractivity contribution in [3.8, 4) is 5.75 Å². The standard InChI is InChI=1S/C19H20Cl2N2O2/c1-3-13(2)16-6-4-5-7-18(16)25-12-19(24)23-22-11-14-8-9-15(20)10-17(14)21/h4-11,13H,3,12H2,1-2H3,(H,23,24)/b22-11+. The summed E-state index contributed by atoms with van der Waals surface area (Å²) in [5.74, 6) is 0.737. The summed E-state index contributed by atoms with van der Waals surface area (Å²) < 4.78 is 5.63. The first kappa shape index (κ1) is 19.3. The number of amides is 1. The average molecular weight is 379 g/mol. The first-order valence-electron chi connectivity index (χ1n) is 8.00. The zero-order valence-corrected chi connectivity index (χ0v) is 15.6. The molecular formula is C19H20Cl2N2O2. The van der Waals surface area contributed by atoms with E-state index in [1.807, 2.05) is 24.3 Å². The van der Waals surface area contributed by atoms with Crippen LogP contribution in [0.25, 0.3) is 0 Å². The van der Waals surface area contributed by atoms with E-state index in [1.54, 1.807) is 18.2 Å². The fraction of sp³-hybridized carbons (Fsp3) is 0.263. The van der Waals surface area contributed by atoms with Crippen LogP contribution in [0.4, 0.5) is 0 Å². The molecule has 0 saturated heterocycles. The lowest BCUT2D eigenvalue weighted by atomic mass is 9.98. The van der Waals surface area contributed by atoms with Crippen LogP contribution in [-0.4, -0.2) is 18.7 Å². The molecule has 25 heavy (non-hydrogen) atoms. The van der Waals surface area contributed by atoms with Crippen molar-refractivity contribution in [2.24, 2.45) is 5.10 Å². The molecule has 6 heteroatoms. The van der Waals surface area contributed by atoms with Crippen LogP contribution in [0.15, 0.2) is 47.6 Å². The van der Waals surface area contributed by atoms with Crippen LogP contribution >= 0.6 is 23.2 Å². The maximum Gasteiger partial charge on any atom is 0.277 e. The van der Waals surface area contributed by atoms with Crippen molar-refractivity contribution < 1.29 is 9.53 Å². The SMILES string of the molecule is CCC(C)c1ccccc1OCC(=O)N/N=C/c1ccc(Cl)cc1Cl. The number of hydrazone groups is 1. The number of nitrogens with one attached hydrogen (secondary N) is 1. The Labute approximate surface area is 157 Å². The van der Waals surface area contributed by atoms with Crippen molar-refractivity contribution in [3.05, 3.63) is 63.6 Å². The minimum Gasteiger partial charge on any atom is -0.483 e. The van der Waals surface area contributed by atoms with Gasteiger partial charge in [0.2, 0.25) is 0 Å². The van der Waals surface area contributed by atoms with Gasteiger partial charge in [-0.1, -0.05) is 61.3 Å². The Bertz CT molecular complexity index is 763. The second-order valence-electron chi connectivity index (χ2n) is 5.59. The van der Waals surface area contributed by atoms with E-state index in [9.17, 15) is 4.79 Å². The Hall–Kier alpha value is -2.04. The molecule has 0 heterocycles. The quantitative estimate of drug-likeness (QED) is 0.542. The van der Waals surface area contributed by atoms with Gasteiger partial charge in [0, 0.05) is 10.6 Å². The van der Waals surface area contributed by atoms with Gasteiger partial charge in [0.05, 0.1) is 11.2 Å². The molecule has 0 spiro atoms. The first-order chi connectivity index (χ1) is 12.0. The van der Waals surface area contributed by atoms with Gasteiger partial charge in [-0.05, 0) is 36.1 Å². The van der Waals surface area contributed by atoms with Gasteiger partial charge in [0.15, 0.2) is 6.61 Å². The molecule has 0 aromatic heterocycles. The normalized spacial score (nSPS) is 12.2. The Kier molecular flexibility index (Phi) is 7.29. The Morgan fingerprint density at radius 1 is 1.28 bits per heavy atom. The largest absolute Gasteiger partial charge is 0.483 e. The van der Waals surface area contributed by atoms with Gasteiger partial charge < -0.3 is 4.74 Å². The van der Waals surface area contributed by atoms with Gasteiger partial charge in [0.1, 0.15) is 5.75 Å². The minimum atomic E-state index is -0.347. The van der Waals surface area contributed by atoms with Crippen molar-refractivity contribution in [1.82, 2.24) is 5.43 Å². The third kappa shape index (κ3) is 5.76. The number of halogens is 2. The van der Waals surface area contributed by atoms with E-state index in [2.05, 4.69) is 24.4 Å². The molecule has 132 valence electrons. The highest BCUT2D eigenvalue weighted by Crippen LogP contribution is 2.28. The summed E-state index contributed by atoms with van der Waals surface area (Å²) in [5, 5.41) is 4.89. The second kappa shape index (κ2) is 9.44. The van der Waals surface area contributed by atoms with Crippen molar-refractivity contribution in [2.45, 2.75) is 26.2 Å². The van der Waals surface area contributed by atoms with E-state index >= 15 is 0 Å². The van der Waals surface area contributed by atoms with Crippen molar-refractivity contribution in [2.75, 3.05) is 6.61 Å². The zero-order chi connectivity index (χ0) is 18.2. The van der Waals surface area contributed by atoms with Gasteiger partial charge in [-0.2, -0.15) is 5.10 Å². The number of hydrogen-bond acceptors (Lipinski definition) is 3. The molecule has 1 N–H and O–H groups in total. The van der Waals surface area contributed by atoms with Crippen LogP contribution in [0.2, 0.25) is 10.0 Å². The number of carbonyl (C=O) groups excluding carboxylic acids is 1. The predicted octanol–water partition coefficient (Wildman–Crippen LogP) is 5.04. The highest BCUT2D eigenvalue weighted by Gasteiger charge is 2.10. The Morgan fingerprint density at radius 2 is 2.04 bits per heavy atom. The molecule has 2 aromatic carbocycles. The summed E-state index contributed by atoms with van der Waals surface area (Å²) in [7, 11) is 0. The van der Waals surface area contributed by atoms with E-state index in [0.29, 0.717) is 21.5 Å². The molecule has 0 saturated carbocycles. The molecule has 0 fully saturated rings. The van der Waals surface area contributed by atoms with Crippen LogP contribution in [0.5, 0.6) is 5.75 Å². The zero-order valence-electron chi connectivity index (χ0n) is 14.1. The topological polar surface area (TPSA) is 50.7 Å². The molecule has 4 nitrogen and oxygen atoms in total. The highest BCUT2D eigenvalue weighted by molar-refractivity contribution is 6.36. The summed E-state index contributed by atoms with van der Waals surface area (Å²) in [4.78, 5) is 11.9. The summed E-state index contributed by atoms with van der Waals surface area (Å²) in [6.07, 6.45) is 2.46. The van der Waals surface area contributed by atoms with Crippen molar-refractivity contribution in [3.63, 3.8) is 0 Å². The monoisotopic (exact) mass is 378 g/mol. The summed E-state index contributed by atoms with van der Waals surface area (Å²) in [6.45, 7) is 4.13. The molecule has 1 atom stereocenters. The van der Waals surface area contributed by atoms with Crippen molar-refractivity contribution in [1.29, 1.82) is 0 Å². The fourth-order valence-electron chi connectivity index (χ4n) is 2.19. The lowest BCUT2D eigenvalue weighted by Gasteiger charge is -2.15. The molecule has 0 aliphatic rings. The van der Waals surface area contributed by atoms with Crippen LogP contribution in [0, 0.1) is 0 Å². The second-order valence-corrected chi connectivity index (χ2v) is 6.44. The molecule has 1 amide bonds. The van der Waals surface area contributed by atoms with Crippen LogP contribution < -0.4 is 10.2 Å². The highest BCUT2D eigenvalue weighted by atomic mass is 35.5. The van der Waals surface area contributed by atoms with Crippen LogP contribution in [0.3, 0.4) is 0 Å². The molecule has 1 unspecified atom stereocenters. The molecule has 0 aliphatic carbocycles. The van der Waals surface area contributed by atoms with E-state index in [0.717, 1.165) is 17.7 Å². The number of benzene rings is 2. The fourth-order valence-corrected chi connectivity index (χ4v) is 2.65. The van der Waals surface area contributed by atoms with E-state index < -0.39 is 0 Å². The number of hydrogen-bond donors (Lipinski definition) is 1. The van der Waals surface area contributed by atoms with Crippen LogP contribution in [-0.2, 0) is 4.79 Å². The lowest BCUT2D eigenvalue weighted by Crippen LogP contribution is -2.25. The summed E-state index contributed by atoms with van der Waals surface area (Å²) >= 11 is 11.9. The number of para-hydroxylation sites is 1. The average Bonchev–Trinajstić information content (AvgIpc) is 2.61. The molecule has 0 radical (unpaired) electrons. The number of nitrogens with zero attached hydrogens (tertiary/aromatic N) is 1. The minimum absolute atomic E-state index is 0.112. The first-order valence-corrected chi connectivity index (χ1v) is 8.75. The van der Waals surface area contributed by atoms with Crippen molar-refractivity contribution >= 4 is 35.3 Å².